The summed E-state index contributed by atoms with van der Waals surface area (Å²) >= 11 is 0. The molecule has 206 valence electrons. The van der Waals surface area contributed by atoms with Gasteiger partial charge < -0.3 is 49.7 Å². The highest BCUT2D eigenvalue weighted by Crippen LogP contribution is 2.42. The molecule has 4 heterocycles. The lowest BCUT2D eigenvalue weighted by atomic mass is 9.78. The maximum atomic E-state index is 12.7. The van der Waals surface area contributed by atoms with E-state index in [9.17, 15) is 25.2 Å². The number of esters is 1. The van der Waals surface area contributed by atoms with Crippen LogP contribution in [0.4, 0.5) is 0 Å². The summed E-state index contributed by atoms with van der Waals surface area (Å²) in [6.45, 7) is 4.13. The summed E-state index contributed by atoms with van der Waals surface area (Å²) in [5.41, 5.74) is 3.66. The molecule has 0 unspecified atom stereocenters. The molecule has 38 heavy (non-hydrogen) atoms. The molecule has 0 saturated carbocycles. The lowest BCUT2D eigenvalue weighted by Gasteiger charge is -2.43. The van der Waals surface area contributed by atoms with Gasteiger partial charge in [0.25, 0.3) is 0 Å². The molecule has 0 radical (unpaired) electrons. The van der Waals surface area contributed by atoms with E-state index in [0.717, 1.165) is 24.2 Å². The van der Waals surface area contributed by atoms with Crippen LogP contribution in [-0.4, -0.2) is 88.6 Å². The zero-order valence-corrected chi connectivity index (χ0v) is 21.0. The van der Waals surface area contributed by atoms with Crippen molar-refractivity contribution in [3.05, 3.63) is 60.0 Å². The number of para-hydroxylation sites is 1. The quantitative estimate of drug-likeness (QED) is 0.218. The van der Waals surface area contributed by atoms with E-state index < -0.39 is 61.4 Å². The summed E-state index contributed by atoms with van der Waals surface area (Å²) in [6, 6.07) is 8.02. The highest BCUT2D eigenvalue weighted by Gasteiger charge is 2.48. The van der Waals surface area contributed by atoms with Crippen molar-refractivity contribution in [1.82, 2.24) is 10.3 Å². The summed E-state index contributed by atoms with van der Waals surface area (Å²) in [4.78, 5) is 16.3. The molecule has 6 N–H and O–H groups in total. The van der Waals surface area contributed by atoms with E-state index in [4.69, 9.17) is 18.9 Å². The number of aliphatic hydroxyl groups excluding tert-OH is 4. The third-order valence-electron chi connectivity index (χ3n) is 7.77. The first-order chi connectivity index (χ1) is 18.4. The van der Waals surface area contributed by atoms with Crippen LogP contribution in [0.2, 0.25) is 0 Å². The zero-order chi connectivity index (χ0) is 27.0. The number of aromatic nitrogens is 1. The van der Waals surface area contributed by atoms with Gasteiger partial charge in [-0.3, -0.25) is 0 Å². The maximum Gasteiger partial charge on any atom is 0.337 e. The molecule has 5 rings (SSSR count). The molecule has 1 saturated heterocycles. The van der Waals surface area contributed by atoms with Crippen LogP contribution in [0, 0.1) is 11.8 Å². The molecule has 1 aromatic carbocycles. The Morgan fingerprint density at radius 1 is 1.18 bits per heavy atom. The molecule has 0 amide bonds. The zero-order valence-electron chi connectivity index (χ0n) is 21.0. The highest BCUT2D eigenvalue weighted by molar-refractivity contribution is 5.89. The van der Waals surface area contributed by atoms with Crippen molar-refractivity contribution in [2.24, 2.45) is 11.8 Å². The van der Waals surface area contributed by atoms with Gasteiger partial charge in [-0.2, -0.15) is 0 Å². The predicted octanol–water partition coefficient (Wildman–Crippen LogP) is 0.393. The van der Waals surface area contributed by atoms with Crippen LogP contribution >= 0.6 is 0 Å². The minimum atomic E-state index is -1.60. The van der Waals surface area contributed by atoms with Crippen molar-refractivity contribution in [2.45, 2.75) is 55.9 Å². The van der Waals surface area contributed by atoms with Gasteiger partial charge >= 0.3 is 5.97 Å². The SMILES string of the molecule is C=C[C@H]1[C@@H](O[C@@H]2O[C@H](CO)[C@@H](O)[C@H](O)[C@H]2O)OC=C(C(=O)OC)[C@H]1C[C@@H]1NCCc2c1[nH]c1ccccc21. The summed E-state index contributed by atoms with van der Waals surface area (Å²) in [5, 5.41) is 45.0. The second kappa shape index (κ2) is 11.1. The number of aromatic amines is 1. The van der Waals surface area contributed by atoms with Crippen molar-refractivity contribution in [1.29, 1.82) is 0 Å². The summed E-state index contributed by atoms with van der Waals surface area (Å²) in [7, 11) is 1.30. The Balaban J connectivity index is 1.43. The molecule has 1 aromatic heterocycles. The standard InChI is InChI=1S/C27H34N2O9/c1-3-13-16(10-19-21-15(8-9-28-19)14-6-4-5-7-18(14)29-21)17(25(34)35-2)12-36-26(13)38-27-24(33)23(32)22(31)20(11-30)37-27/h3-7,12-13,16,19-20,22-24,26-33H,1,8-11H2,2H3/t13-,16+,19+,20-,22-,23+,24-,26-,27+/m1/s1. The summed E-state index contributed by atoms with van der Waals surface area (Å²) < 4.78 is 22.2. The van der Waals surface area contributed by atoms with Gasteiger partial charge in [-0.1, -0.05) is 24.3 Å². The Bertz CT molecular complexity index is 1190. The average molecular weight is 531 g/mol. The highest BCUT2D eigenvalue weighted by atomic mass is 16.8. The number of fused-ring (bicyclic) bond motifs is 3. The molecular weight excluding hydrogens is 496 g/mol. The molecule has 0 aliphatic carbocycles. The van der Waals surface area contributed by atoms with Crippen molar-refractivity contribution < 1.29 is 44.2 Å². The van der Waals surface area contributed by atoms with Crippen LogP contribution in [-0.2, 0) is 30.2 Å². The molecular formula is C27H34N2O9. The third-order valence-corrected chi connectivity index (χ3v) is 7.77. The predicted molar refractivity (Wildman–Crippen MR) is 134 cm³/mol. The Hall–Kier alpha value is -2.77. The van der Waals surface area contributed by atoms with Gasteiger partial charge in [-0.15, -0.1) is 6.58 Å². The molecule has 3 aliphatic heterocycles. The number of ether oxygens (including phenoxy) is 4. The Labute approximate surface area is 219 Å². The van der Waals surface area contributed by atoms with Crippen LogP contribution in [0.3, 0.4) is 0 Å². The van der Waals surface area contributed by atoms with Crippen molar-refractivity contribution in [2.75, 3.05) is 20.3 Å². The average Bonchev–Trinajstić information content (AvgIpc) is 3.33. The topological polar surface area (TPSA) is 163 Å². The van der Waals surface area contributed by atoms with Crippen molar-refractivity contribution >= 4 is 16.9 Å². The van der Waals surface area contributed by atoms with E-state index in [1.807, 2.05) is 18.2 Å². The fraction of sp³-hybridized carbons (Fsp3) is 0.519. The van der Waals surface area contributed by atoms with Crippen LogP contribution in [0.5, 0.6) is 0 Å². The first-order valence-electron chi connectivity index (χ1n) is 12.7. The van der Waals surface area contributed by atoms with E-state index in [1.54, 1.807) is 6.08 Å². The lowest BCUT2D eigenvalue weighted by Crippen LogP contribution is -2.60. The Morgan fingerprint density at radius 2 is 1.97 bits per heavy atom. The van der Waals surface area contributed by atoms with E-state index in [2.05, 4.69) is 22.9 Å². The molecule has 0 spiro atoms. The maximum absolute atomic E-state index is 12.7. The number of carbonyl (C=O) groups is 1. The van der Waals surface area contributed by atoms with Crippen molar-refractivity contribution in [3.63, 3.8) is 0 Å². The fourth-order valence-corrected chi connectivity index (χ4v) is 5.74. The molecule has 11 heteroatoms. The monoisotopic (exact) mass is 530 g/mol. The van der Waals surface area contributed by atoms with Gasteiger partial charge in [0, 0.05) is 34.5 Å². The second-order valence-corrected chi connectivity index (χ2v) is 9.88. The lowest BCUT2D eigenvalue weighted by molar-refractivity contribution is -0.339. The minimum absolute atomic E-state index is 0.113. The minimum Gasteiger partial charge on any atom is -0.471 e. The fourth-order valence-electron chi connectivity index (χ4n) is 5.74. The number of methoxy groups -OCH3 is 1. The number of H-pyrrole nitrogens is 1. The number of rotatable bonds is 7. The summed E-state index contributed by atoms with van der Waals surface area (Å²) in [6.07, 6.45) is -4.03. The largest absolute Gasteiger partial charge is 0.471 e. The number of nitrogens with one attached hydrogen (secondary N) is 2. The molecule has 2 aromatic rings. The smallest absolute Gasteiger partial charge is 0.337 e. The number of hydrogen-bond acceptors (Lipinski definition) is 10. The first-order valence-corrected chi connectivity index (χ1v) is 12.7. The molecule has 1 fully saturated rings. The number of hydrogen-bond donors (Lipinski definition) is 6. The molecule has 11 nitrogen and oxygen atoms in total. The molecule has 9 atom stereocenters. The van der Waals surface area contributed by atoms with Crippen LogP contribution in [0.25, 0.3) is 10.9 Å². The van der Waals surface area contributed by atoms with E-state index in [1.165, 1.54) is 24.3 Å². The van der Waals surface area contributed by atoms with E-state index in [0.29, 0.717) is 12.0 Å². The van der Waals surface area contributed by atoms with Crippen LogP contribution in [0.15, 0.2) is 48.8 Å². The van der Waals surface area contributed by atoms with Gasteiger partial charge in [0.2, 0.25) is 6.29 Å². The third kappa shape index (κ3) is 4.75. The van der Waals surface area contributed by atoms with Crippen LogP contribution < -0.4 is 5.32 Å². The van der Waals surface area contributed by atoms with E-state index >= 15 is 0 Å². The van der Waals surface area contributed by atoms with E-state index in [-0.39, 0.29) is 6.04 Å². The van der Waals surface area contributed by atoms with Crippen molar-refractivity contribution in [3.8, 4) is 0 Å². The van der Waals surface area contributed by atoms with Gasteiger partial charge in [-0.05, 0) is 31.0 Å². The van der Waals surface area contributed by atoms with Gasteiger partial charge in [-0.25, -0.2) is 4.79 Å². The first kappa shape index (κ1) is 26.8. The summed E-state index contributed by atoms with van der Waals surface area (Å²) in [5.74, 6) is -1.56. The second-order valence-electron chi connectivity index (χ2n) is 9.88. The Kier molecular flexibility index (Phi) is 7.87. The molecule has 3 aliphatic rings. The number of aliphatic hydroxyl groups is 4. The number of carbonyl (C=O) groups excluding carboxylic acids is 1. The van der Waals surface area contributed by atoms with Crippen LogP contribution in [0.1, 0.15) is 23.7 Å². The van der Waals surface area contributed by atoms with Gasteiger partial charge in [0.1, 0.15) is 24.4 Å². The number of benzene rings is 1. The van der Waals surface area contributed by atoms with Gasteiger partial charge in [0.15, 0.2) is 6.29 Å². The Morgan fingerprint density at radius 3 is 2.71 bits per heavy atom. The normalized spacial score (nSPS) is 35.2. The van der Waals surface area contributed by atoms with Gasteiger partial charge in [0.05, 0.1) is 25.6 Å². The molecule has 0 bridgehead atoms.